The molecule has 1 aromatic heterocycles. The molecule has 2 rings (SSSR count). The minimum Gasteiger partial charge on any atom is -0.372 e. The minimum absolute atomic E-state index is 0.213. The number of unbranched alkanes of at least 4 members (excludes halogenated alkanes) is 1. The van der Waals surface area contributed by atoms with E-state index in [1.807, 2.05) is 19.0 Å². The zero-order valence-corrected chi connectivity index (χ0v) is 21.4. The average Bonchev–Trinajstić information content (AvgIpc) is 2.86. The molecular weight excluding hydrogens is 461 g/mol. The van der Waals surface area contributed by atoms with Gasteiger partial charge in [-0.05, 0) is 51.7 Å². The molecule has 0 bridgehead atoms. The van der Waals surface area contributed by atoms with Crippen LogP contribution in [0.25, 0.3) is 0 Å². The largest absolute Gasteiger partial charge is 0.372 e. The van der Waals surface area contributed by atoms with Gasteiger partial charge in [0.1, 0.15) is 17.7 Å². The summed E-state index contributed by atoms with van der Waals surface area (Å²) >= 11 is 0. The number of halogens is 1. The molecule has 1 heterocycles. The Morgan fingerprint density at radius 3 is 2.58 bits per heavy atom. The molecular formula is C26H34FN7O2. The van der Waals surface area contributed by atoms with E-state index in [-0.39, 0.29) is 17.6 Å². The van der Waals surface area contributed by atoms with Crippen LogP contribution in [0, 0.1) is 17.7 Å². The highest BCUT2D eigenvalue weighted by atomic mass is 19.1. The molecule has 0 unspecified atom stereocenters. The normalized spacial score (nSPS) is 11.5. The molecule has 0 aliphatic carbocycles. The van der Waals surface area contributed by atoms with Crippen molar-refractivity contribution in [2.24, 2.45) is 0 Å². The van der Waals surface area contributed by atoms with Crippen LogP contribution >= 0.6 is 0 Å². The van der Waals surface area contributed by atoms with Gasteiger partial charge in [-0.3, -0.25) is 9.59 Å². The van der Waals surface area contributed by atoms with Crippen LogP contribution in [-0.2, 0) is 9.59 Å². The second kappa shape index (κ2) is 14.4. The first-order chi connectivity index (χ1) is 17.2. The Morgan fingerprint density at radius 2 is 1.92 bits per heavy atom. The van der Waals surface area contributed by atoms with Crippen molar-refractivity contribution in [3.05, 3.63) is 54.0 Å². The van der Waals surface area contributed by atoms with Gasteiger partial charge in [0, 0.05) is 45.4 Å². The number of amides is 2. The van der Waals surface area contributed by atoms with Gasteiger partial charge in [-0.25, -0.2) is 9.37 Å². The summed E-state index contributed by atoms with van der Waals surface area (Å²) in [6, 6.07) is 5.33. The number of hydrogen-bond acceptors (Lipinski definition) is 7. The monoisotopic (exact) mass is 495 g/mol. The molecule has 2 aromatic rings. The number of likely N-dealkylation sites (N-methyl/N-ethyl adjacent to an activating group) is 2. The van der Waals surface area contributed by atoms with Crippen LogP contribution in [0.2, 0.25) is 0 Å². The van der Waals surface area contributed by atoms with E-state index in [2.05, 4.69) is 37.8 Å². The Bertz CT molecular complexity index is 1110. The highest BCUT2D eigenvalue weighted by Crippen LogP contribution is 2.17. The fourth-order valence-corrected chi connectivity index (χ4v) is 2.93. The third-order valence-electron chi connectivity index (χ3n) is 5.17. The average molecular weight is 496 g/mol. The third kappa shape index (κ3) is 9.35. The summed E-state index contributed by atoms with van der Waals surface area (Å²) < 4.78 is 13.1. The van der Waals surface area contributed by atoms with Gasteiger partial charge in [-0.2, -0.15) is 4.98 Å². The summed E-state index contributed by atoms with van der Waals surface area (Å²) in [6.45, 7) is 2.80. The molecule has 0 spiro atoms. The van der Waals surface area contributed by atoms with E-state index in [1.54, 1.807) is 45.4 Å². The molecule has 0 aliphatic heterocycles. The molecule has 0 saturated heterocycles. The Hall–Kier alpha value is -3.97. The maximum atomic E-state index is 13.1. The molecule has 10 heteroatoms. The van der Waals surface area contributed by atoms with Crippen LogP contribution in [0.4, 0.5) is 21.8 Å². The van der Waals surface area contributed by atoms with Crippen molar-refractivity contribution in [3.63, 3.8) is 0 Å². The summed E-state index contributed by atoms with van der Waals surface area (Å²) in [6.07, 6.45) is 6.08. The van der Waals surface area contributed by atoms with E-state index in [4.69, 9.17) is 0 Å². The number of aromatic nitrogens is 2. The fourth-order valence-electron chi connectivity index (χ4n) is 2.93. The zero-order valence-electron chi connectivity index (χ0n) is 21.4. The summed E-state index contributed by atoms with van der Waals surface area (Å²) in [5, 5.41) is 8.86. The quantitative estimate of drug-likeness (QED) is 0.250. The third-order valence-corrected chi connectivity index (χ3v) is 5.17. The molecule has 0 fully saturated rings. The van der Waals surface area contributed by atoms with Gasteiger partial charge in [0.25, 0.3) is 0 Å². The Labute approximate surface area is 212 Å². The molecule has 0 aliphatic rings. The van der Waals surface area contributed by atoms with Gasteiger partial charge in [-0.1, -0.05) is 17.9 Å². The number of carbonyl (C=O) groups excluding carboxylic acids is 2. The van der Waals surface area contributed by atoms with Crippen LogP contribution in [0.1, 0.15) is 25.3 Å². The van der Waals surface area contributed by atoms with Crippen molar-refractivity contribution in [1.82, 2.24) is 25.1 Å². The predicted octanol–water partition coefficient (Wildman–Crippen LogP) is 2.61. The SMILES string of the molecule is CNc1nc(Nc2ccc(F)cc2)ncc1C#CCCCNC(=O)[C@H](C)N(C)C(=O)C=CCN(C)C. The number of nitrogens with one attached hydrogen (secondary N) is 3. The van der Waals surface area contributed by atoms with Crippen molar-refractivity contribution in [1.29, 1.82) is 0 Å². The zero-order chi connectivity index (χ0) is 26.5. The highest BCUT2D eigenvalue weighted by molar-refractivity contribution is 5.92. The van der Waals surface area contributed by atoms with Gasteiger partial charge >= 0.3 is 0 Å². The topological polar surface area (TPSA) is 102 Å². The smallest absolute Gasteiger partial charge is 0.246 e. The number of rotatable bonds is 11. The number of anilines is 3. The van der Waals surface area contributed by atoms with Gasteiger partial charge in [0.15, 0.2) is 0 Å². The first-order valence-corrected chi connectivity index (χ1v) is 11.6. The number of nitrogens with zero attached hydrogens (tertiary/aromatic N) is 4. The summed E-state index contributed by atoms with van der Waals surface area (Å²) in [5.74, 6) is 6.30. The lowest BCUT2D eigenvalue weighted by Crippen LogP contribution is -2.45. The Kier molecular flexibility index (Phi) is 11.3. The molecule has 9 nitrogen and oxygen atoms in total. The lowest BCUT2D eigenvalue weighted by Gasteiger charge is -2.23. The van der Waals surface area contributed by atoms with Crippen LogP contribution in [0.3, 0.4) is 0 Å². The maximum Gasteiger partial charge on any atom is 0.246 e. The van der Waals surface area contributed by atoms with E-state index in [1.165, 1.54) is 23.1 Å². The molecule has 2 amide bonds. The first kappa shape index (κ1) is 28.3. The lowest BCUT2D eigenvalue weighted by molar-refractivity contribution is -0.135. The molecule has 192 valence electrons. The molecule has 36 heavy (non-hydrogen) atoms. The fraction of sp³-hybridized carbons (Fsp3) is 0.385. The summed E-state index contributed by atoms with van der Waals surface area (Å²) in [5.41, 5.74) is 1.31. The van der Waals surface area contributed by atoms with Crippen molar-refractivity contribution in [3.8, 4) is 11.8 Å². The highest BCUT2D eigenvalue weighted by Gasteiger charge is 2.20. The second-order valence-corrected chi connectivity index (χ2v) is 8.32. The summed E-state index contributed by atoms with van der Waals surface area (Å²) in [7, 11) is 7.18. The van der Waals surface area contributed by atoms with Gasteiger partial charge in [0.2, 0.25) is 17.8 Å². The van der Waals surface area contributed by atoms with Gasteiger partial charge in [-0.15, -0.1) is 0 Å². The van der Waals surface area contributed by atoms with Crippen LogP contribution < -0.4 is 16.0 Å². The van der Waals surface area contributed by atoms with Crippen molar-refractivity contribution >= 4 is 29.3 Å². The van der Waals surface area contributed by atoms with Crippen LogP contribution in [0.5, 0.6) is 0 Å². The standard InChI is InChI=1S/C26H34FN7O2/c1-19(34(5)23(35)11-9-17-33(3)4)25(36)29-16-8-6-7-10-20-18-30-26(32-24(20)28-2)31-22-14-12-21(27)13-15-22/h9,11-15,18-19H,6,8,16-17H2,1-5H3,(H,29,36)(H2,28,30,31,32)/t19-/m0/s1. The number of hydrogen-bond donors (Lipinski definition) is 3. The maximum absolute atomic E-state index is 13.1. The van der Waals surface area contributed by atoms with Crippen molar-refractivity contribution in [2.75, 3.05) is 51.9 Å². The van der Waals surface area contributed by atoms with Gasteiger partial charge < -0.3 is 25.8 Å². The Balaban J connectivity index is 1.80. The molecule has 0 saturated carbocycles. The minimum atomic E-state index is -0.579. The van der Waals surface area contributed by atoms with E-state index in [0.29, 0.717) is 48.9 Å². The first-order valence-electron chi connectivity index (χ1n) is 11.6. The Morgan fingerprint density at radius 1 is 1.19 bits per heavy atom. The molecule has 3 N–H and O–H groups in total. The van der Waals surface area contributed by atoms with Gasteiger partial charge in [0.05, 0.1) is 11.8 Å². The molecule has 1 atom stereocenters. The lowest BCUT2D eigenvalue weighted by atomic mass is 10.2. The summed E-state index contributed by atoms with van der Waals surface area (Å²) in [4.78, 5) is 36.6. The van der Waals surface area contributed by atoms with Crippen LogP contribution in [-0.4, -0.2) is 78.9 Å². The van der Waals surface area contributed by atoms with E-state index in [0.717, 1.165) is 0 Å². The number of benzene rings is 1. The van der Waals surface area contributed by atoms with E-state index < -0.39 is 6.04 Å². The predicted molar refractivity (Wildman–Crippen MR) is 140 cm³/mol. The molecule has 1 aromatic carbocycles. The van der Waals surface area contributed by atoms with Crippen molar-refractivity contribution in [2.45, 2.75) is 25.8 Å². The van der Waals surface area contributed by atoms with E-state index >= 15 is 0 Å². The molecule has 0 radical (unpaired) electrons. The van der Waals surface area contributed by atoms with E-state index in [9.17, 15) is 14.0 Å². The van der Waals surface area contributed by atoms with Crippen molar-refractivity contribution < 1.29 is 14.0 Å². The number of carbonyl (C=O) groups is 2. The second-order valence-electron chi connectivity index (χ2n) is 8.32. The van der Waals surface area contributed by atoms with Crippen LogP contribution in [0.15, 0.2) is 42.6 Å².